The fraction of sp³-hybridized carbons (Fsp3) is 0.286. The minimum Gasteiger partial charge on any atom is -0.481 e. The van der Waals surface area contributed by atoms with E-state index >= 15 is 0 Å². The molecule has 2 N–H and O–H groups in total. The molecule has 1 heterocycles. The number of hydrogen-bond acceptors (Lipinski definition) is 4. The first-order chi connectivity index (χ1) is 9.56. The Hall–Kier alpha value is -2.50. The van der Waals surface area contributed by atoms with Crippen molar-refractivity contribution in [2.75, 3.05) is 6.54 Å². The van der Waals surface area contributed by atoms with Crippen molar-refractivity contribution in [3.63, 3.8) is 0 Å². The van der Waals surface area contributed by atoms with Gasteiger partial charge in [0, 0.05) is 13.0 Å². The first-order valence-corrected chi connectivity index (χ1v) is 6.28. The van der Waals surface area contributed by atoms with Gasteiger partial charge in [-0.3, -0.25) is 14.6 Å². The molecule has 104 valence electrons. The smallest absolute Gasteiger partial charge is 0.303 e. The van der Waals surface area contributed by atoms with Crippen LogP contribution in [0.5, 0.6) is 0 Å². The zero-order valence-electron chi connectivity index (χ0n) is 11.0. The number of carboxylic acid groups (broad SMARTS) is 1. The molecule has 1 aromatic carbocycles. The molecule has 0 radical (unpaired) electrons. The summed E-state index contributed by atoms with van der Waals surface area (Å²) in [4.78, 5) is 30.8. The number of carbonyl (C=O) groups excluding carboxylic acids is 1. The highest BCUT2D eigenvalue weighted by Gasteiger charge is 2.12. The van der Waals surface area contributed by atoms with Gasteiger partial charge in [-0.15, -0.1) is 0 Å². The Morgan fingerprint density at radius 1 is 1.30 bits per heavy atom. The normalized spacial score (nSPS) is 12.1. The van der Waals surface area contributed by atoms with E-state index in [9.17, 15) is 9.59 Å². The maximum Gasteiger partial charge on any atom is 0.303 e. The quantitative estimate of drug-likeness (QED) is 0.860. The first-order valence-electron chi connectivity index (χ1n) is 6.28. The van der Waals surface area contributed by atoms with E-state index in [2.05, 4.69) is 15.3 Å². The summed E-state index contributed by atoms with van der Waals surface area (Å²) in [6.45, 7) is 2.06. The van der Waals surface area contributed by atoms with Gasteiger partial charge in [0.15, 0.2) is 0 Å². The van der Waals surface area contributed by atoms with Crippen LogP contribution in [0, 0.1) is 5.92 Å². The second-order valence-corrected chi connectivity index (χ2v) is 4.66. The maximum atomic E-state index is 11.9. The molecule has 0 spiro atoms. The van der Waals surface area contributed by atoms with Gasteiger partial charge in [-0.2, -0.15) is 0 Å². The van der Waals surface area contributed by atoms with Crippen LogP contribution in [0.3, 0.4) is 0 Å². The fourth-order valence-corrected chi connectivity index (χ4v) is 1.79. The summed E-state index contributed by atoms with van der Waals surface area (Å²) in [6, 6.07) is 7.28. The van der Waals surface area contributed by atoms with Gasteiger partial charge in [0.2, 0.25) is 0 Å². The van der Waals surface area contributed by atoms with E-state index in [0.29, 0.717) is 12.1 Å². The summed E-state index contributed by atoms with van der Waals surface area (Å²) in [5, 5.41) is 11.3. The van der Waals surface area contributed by atoms with E-state index in [1.54, 1.807) is 13.0 Å². The monoisotopic (exact) mass is 273 g/mol. The Labute approximate surface area is 115 Å². The van der Waals surface area contributed by atoms with Crippen molar-refractivity contribution < 1.29 is 14.7 Å². The van der Waals surface area contributed by atoms with Gasteiger partial charge >= 0.3 is 5.97 Å². The third-order valence-electron chi connectivity index (χ3n) is 2.82. The van der Waals surface area contributed by atoms with Crippen molar-refractivity contribution in [3.8, 4) is 0 Å². The van der Waals surface area contributed by atoms with E-state index in [1.807, 2.05) is 18.2 Å². The van der Waals surface area contributed by atoms with Gasteiger partial charge in [0.05, 0.1) is 17.2 Å². The number of nitrogens with one attached hydrogen (secondary N) is 1. The maximum absolute atomic E-state index is 11.9. The minimum absolute atomic E-state index is 0.0175. The zero-order valence-corrected chi connectivity index (χ0v) is 11.0. The fourth-order valence-electron chi connectivity index (χ4n) is 1.79. The average molecular weight is 273 g/mol. The van der Waals surface area contributed by atoms with Gasteiger partial charge in [-0.1, -0.05) is 19.1 Å². The number of carboxylic acids is 1. The van der Waals surface area contributed by atoms with E-state index in [0.717, 1.165) is 5.52 Å². The van der Waals surface area contributed by atoms with Gasteiger partial charge in [-0.05, 0) is 18.1 Å². The van der Waals surface area contributed by atoms with Crippen LogP contribution in [0.4, 0.5) is 0 Å². The van der Waals surface area contributed by atoms with E-state index in [4.69, 9.17) is 5.11 Å². The Bertz CT molecular complexity index is 642. The number of nitrogens with zero attached hydrogens (tertiary/aromatic N) is 2. The number of para-hydroxylation sites is 2. The number of aromatic nitrogens is 2. The lowest BCUT2D eigenvalue weighted by Crippen LogP contribution is -2.29. The molecule has 0 bridgehead atoms. The molecule has 2 rings (SSSR count). The second kappa shape index (κ2) is 6.10. The molecule has 1 atom stereocenters. The molecule has 6 heteroatoms. The van der Waals surface area contributed by atoms with Crippen molar-refractivity contribution in [2.45, 2.75) is 13.3 Å². The Morgan fingerprint density at radius 2 is 2.00 bits per heavy atom. The van der Waals surface area contributed by atoms with Crippen molar-refractivity contribution in [3.05, 3.63) is 36.2 Å². The Balaban J connectivity index is 2.02. The van der Waals surface area contributed by atoms with Crippen LogP contribution >= 0.6 is 0 Å². The molecule has 1 unspecified atom stereocenters. The summed E-state index contributed by atoms with van der Waals surface area (Å²) in [5.41, 5.74) is 1.60. The van der Waals surface area contributed by atoms with E-state index < -0.39 is 5.97 Å². The number of rotatable bonds is 5. The van der Waals surface area contributed by atoms with Gasteiger partial charge in [0.25, 0.3) is 5.91 Å². The predicted octanol–water partition coefficient (Wildman–Crippen LogP) is 1.47. The lowest BCUT2D eigenvalue weighted by atomic mass is 10.1. The molecule has 1 aromatic heterocycles. The Kier molecular flexibility index (Phi) is 4.24. The van der Waals surface area contributed by atoms with Crippen LogP contribution in [-0.4, -0.2) is 33.5 Å². The third kappa shape index (κ3) is 3.50. The zero-order chi connectivity index (χ0) is 14.5. The first kappa shape index (κ1) is 13.9. The van der Waals surface area contributed by atoms with Gasteiger partial charge in [0.1, 0.15) is 5.69 Å². The highest BCUT2D eigenvalue weighted by atomic mass is 16.4. The van der Waals surface area contributed by atoms with Crippen molar-refractivity contribution in [2.24, 2.45) is 5.92 Å². The molecule has 0 aliphatic carbocycles. The van der Waals surface area contributed by atoms with Crippen LogP contribution in [0.15, 0.2) is 30.5 Å². The lowest BCUT2D eigenvalue weighted by molar-refractivity contribution is -0.137. The molecule has 6 nitrogen and oxygen atoms in total. The van der Waals surface area contributed by atoms with E-state index in [1.165, 1.54) is 6.20 Å². The molecule has 0 saturated carbocycles. The number of fused-ring (bicyclic) bond motifs is 1. The van der Waals surface area contributed by atoms with Crippen LogP contribution in [0.1, 0.15) is 23.8 Å². The van der Waals surface area contributed by atoms with Gasteiger partial charge < -0.3 is 10.4 Å². The SMILES string of the molecule is CC(CNC(=O)c1cnc2ccccc2n1)CC(=O)O. The predicted molar refractivity (Wildman–Crippen MR) is 73.3 cm³/mol. The molecule has 0 aliphatic heterocycles. The molecule has 20 heavy (non-hydrogen) atoms. The highest BCUT2D eigenvalue weighted by molar-refractivity contribution is 5.93. The molecular weight excluding hydrogens is 258 g/mol. The molecule has 0 fully saturated rings. The largest absolute Gasteiger partial charge is 0.481 e. The van der Waals surface area contributed by atoms with Crippen LogP contribution in [0.25, 0.3) is 11.0 Å². The summed E-state index contributed by atoms with van der Waals surface area (Å²) in [5.74, 6) is -1.36. The number of amides is 1. The van der Waals surface area contributed by atoms with Crippen LogP contribution in [0.2, 0.25) is 0 Å². The topological polar surface area (TPSA) is 92.2 Å². The van der Waals surface area contributed by atoms with Crippen molar-refractivity contribution in [1.82, 2.24) is 15.3 Å². The van der Waals surface area contributed by atoms with Crippen LogP contribution in [-0.2, 0) is 4.79 Å². The Morgan fingerprint density at radius 3 is 2.70 bits per heavy atom. The average Bonchev–Trinajstić information content (AvgIpc) is 2.43. The van der Waals surface area contributed by atoms with E-state index in [-0.39, 0.29) is 23.9 Å². The molecular formula is C14H15N3O3. The summed E-state index contributed by atoms with van der Waals surface area (Å²) >= 11 is 0. The van der Waals surface area contributed by atoms with Crippen molar-refractivity contribution in [1.29, 1.82) is 0 Å². The molecule has 0 aliphatic rings. The van der Waals surface area contributed by atoms with Gasteiger partial charge in [-0.25, -0.2) is 4.98 Å². The van der Waals surface area contributed by atoms with Crippen LogP contribution < -0.4 is 5.32 Å². The third-order valence-corrected chi connectivity index (χ3v) is 2.82. The lowest BCUT2D eigenvalue weighted by Gasteiger charge is -2.10. The highest BCUT2D eigenvalue weighted by Crippen LogP contribution is 2.08. The summed E-state index contributed by atoms with van der Waals surface area (Å²) < 4.78 is 0. The number of aliphatic carboxylic acids is 1. The minimum atomic E-state index is -0.878. The summed E-state index contributed by atoms with van der Waals surface area (Å²) in [6.07, 6.45) is 1.43. The summed E-state index contributed by atoms with van der Waals surface area (Å²) in [7, 11) is 0. The molecule has 0 saturated heterocycles. The standard InChI is InChI=1S/C14H15N3O3/c1-9(6-13(18)19)7-16-14(20)12-8-15-10-4-2-3-5-11(10)17-12/h2-5,8-9H,6-7H2,1H3,(H,16,20)(H,18,19). The number of carbonyl (C=O) groups is 2. The number of benzene rings is 1. The molecule has 2 aromatic rings. The second-order valence-electron chi connectivity index (χ2n) is 4.66. The molecule has 1 amide bonds. The van der Waals surface area contributed by atoms with Crippen molar-refractivity contribution >= 4 is 22.9 Å². The number of hydrogen-bond donors (Lipinski definition) is 2.